The van der Waals surface area contributed by atoms with E-state index in [4.69, 9.17) is 24.4 Å². The zero-order valence-corrected chi connectivity index (χ0v) is 29.7. The fraction of sp³-hybridized carbons (Fsp3) is 0.0612. The Hall–Kier alpha value is -6.98. The second kappa shape index (κ2) is 11.5. The summed E-state index contributed by atoms with van der Waals surface area (Å²) in [6, 6.07) is 55.0. The minimum Gasteiger partial charge on any atom is -0.456 e. The summed E-state index contributed by atoms with van der Waals surface area (Å²) < 4.78 is 6.31. The van der Waals surface area contributed by atoms with Gasteiger partial charge in [0.25, 0.3) is 0 Å². The number of rotatable bonds is 4. The highest BCUT2D eigenvalue weighted by atomic mass is 16.3. The van der Waals surface area contributed by atoms with E-state index in [1.165, 1.54) is 22.3 Å². The predicted molar refractivity (Wildman–Crippen MR) is 219 cm³/mol. The van der Waals surface area contributed by atoms with Gasteiger partial charge in [-0.25, -0.2) is 19.9 Å². The van der Waals surface area contributed by atoms with Gasteiger partial charge >= 0.3 is 0 Å². The van der Waals surface area contributed by atoms with Crippen LogP contribution in [0.2, 0.25) is 0 Å². The first-order chi connectivity index (χ1) is 26.5. The number of fused-ring (bicyclic) bond motifs is 8. The average Bonchev–Trinajstić information content (AvgIpc) is 3.71. The quantitative estimate of drug-likeness (QED) is 0.184. The summed E-state index contributed by atoms with van der Waals surface area (Å²) in [4.78, 5) is 20.6. The molecule has 1 aliphatic rings. The maximum absolute atomic E-state index is 6.31. The Morgan fingerprint density at radius 2 is 1.07 bits per heavy atom. The second-order valence-corrected chi connectivity index (χ2v) is 14.7. The topological polar surface area (TPSA) is 64.7 Å². The van der Waals surface area contributed by atoms with Crippen LogP contribution in [0.5, 0.6) is 0 Å². The lowest BCUT2D eigenvalue weighted by Crippen LogP contribution is -2.15. The summed E-state index contributed by atoms with van der Waals surface area (Å²) in [6.07, 6.45) is 0. The molecule has 3 heterocycles. The number of benzene rings is 7. The molecular weight excluding hydrogens is 661 g/mol. The molecule has 0 N–H and O–H groups in total. The maximum atomic E-state index is 6.31. The number of furan rings is 1. The highest BCUT2D eigenvalue weighted by Crippen LogP contribution is 2.49. The van der Waals surface area contributed by atoms with Gasteiger partial charge < -0.3 is 4.42 Å². The van der Waals surface area contributed by atoms with Crippen LogP contribution >= 0.6 is 0 Å². The minimum absolute atomic E-state index is 0.157. The molecular formula is C49H32N4O. The molecule has 3 aromatic heterocycles. The molecule has 0 amide bonds. The van der Waals surface area contributed by atoms with Gasteiger partial charge in [-0.3, -0.25) is 0 Å². The third-order valence-electron chi connectivity index (χ3n) is 11.1. The fourth-order valence-corrected chi connectivity index (χ4v) is 8.32. The Kier molecular flexibility index (Phi) is 6.53. The zero-order valence-electron chi connectivity index (χ0n) is 29.7. The van der Waals surface area contributed by atoms with Crippen LogP contribution in [-0.2, 0) is 5.41 Å². The standard InChI is InChI=1S/C49H32N4O/c1-49(2)40-15-6-4-12-34(40)35-23-20-32(27-41(35)49)46-51-47(33-21-24-37-36-13-5-8-17-44(36)54-45(37)28-33)53-48(52-46)38-14-9-11-29-18-19-31(26-39(29)38)43-25-22-30-10-3-7-16-42(30)50-43/h3-28H,1-2H3. The normalized spacial score (nSPS) is 13.1. The van der Waals surface area contributed by atoms with Crippen molar-refractivity contribution < 1.29 is 4.42 Å². The number of nitrogens with zero attached hydrogens (tertiary/aromatic N) is 4. The largest absolute Gasteiger partial charge is 0.456 e. The summed E-state index contributed by atoms with van der Waals surface area (Å²) in [5, 5.41) is 5.42. The van der Waals surface area contributed by atoms with Crippen molar-refractivity contribution >= 4 is 43.6 Å². The highest BCUT2D eigenvalue weighted by molar-refractivity contribution is 6.06. The fourth-order valence-electron chi connectivity index (χ4n) is 8.32. The minimum atomic E-state index is -0.157. The van der Waals surface area contributed by atoms with Crippen molar-refractivity contribution in [2.45, 2.75) is 19.3 Å². The Morgan fingerprint density at radius 1 is 0.407 bits per heavy atom. The van der Waals surface area contributed by atoms with Gasteiger partial charge in [0, 0.05) is 43.8 Å². The van der Waals surface area contributed by atoms with E-state index < -0.39 is 0 Å². The van der Waals surface area contributed by atoms with Gasteiger partial charge in [0.1, 0.15) is 11.2 Å². The van der Waals surface area contributed by atoms with Crippen LogP contribution in [0.25, 0.3) is 100 Å². The molecule has 54 heavy (non-hydrogen) atoms. The van der Waals surface area contributed by atoms with Crippen LogP contribution in [0, 0.1) is 0 Å². The third-order valence-corrected chi connectivity index (χ3v) is 11.1. The molecule has 0 spiro atoms. The lowest BCUT2D eigenvalue weighted by Gasteiger charge is -2.21. The van der Waals surface area contributed by atoms with Gasteiger partial charge in [0.2, 0.25) is 0 Å². The van der Waals surface area contributed by atoms with Gasteiger partial charge in [-0.05, 0) is 75.5 Å². The van der Waals surface area contributed by atoms with Crippen molar-refractivity contribution in [2.24, 2.45) is 0 Å². The molecule has 0 fully saturated rings. The Bertz CT molecular complexity index is 3160. The lowest BCUT2D eigenvalue weighted by atomic mass is 9.82. The van der Waals surface area contributed by atoms with E-state index in [0.29, 0.717) is 17.5 Å². The van der Waals surface area contributed by atoms with E-state index in [-0.39, 0.29) is 5.41 Å². The smallest absolute Gasteiger partial charge is 0.164 e. The van der Waals surface area contributed by atoms with Crippen molar-refractivity contribution in [1.29, 1.82) is 0 Å². The van der Waals surface area contributed by atoms with Crippen molar-refractivity contribution in [3.05, 3.63) is 169 Å². The molecule has 5 heteroatoms. The van der Waals surface area contributed by atoms with E-state index in [1.807, 2.05) is 36.4 Å². The van der Waals surface area contributed by atoms with E-state index in [9.17, 15) is 0 Å². The molecule has 254 valence electrons. The Balaban J connectivity index is 1.11. The van der Waals surface area contributed by atoms with E-state index in [1.54, 1.807) is 0 Å². The van der Waals surface area contributed by atoms with Gasteiger partial charge in [-0.15, -0.1) is 0 Å². The second-order valence-electron chi connectivity index (χ2n) is 14.7. The van der Waals surface area contributed by atoms with Gasteiger partial charge in [-0.2, -0.15) is 0 Å². The van der Waals surface area contributed by atoms with Crippen LogP contribution in [0.3, 0.4) is 0 Å². The maximum Gasteiger partial charge on any atom is 0.164 e. The van der Waals surface area contributed by atoms with Crippen LogP contribution in [-0.4, -0.2) is 19.9 Å². The molecule has 11 rings (SSSR count). The van der Waals surface area contributed by atoms with Gasteiger partial charge in [0.15, 0.2) is 17.5 Å². The molecule has 10 aromatic rings. The summed E-state index contributed by atoms with van der Waals surface area (Å²) in [6.45, 7) is 4.60. The first-order valence-corrected chi connectivity index (χ1v) is 18.3. The van der Waals surface area contributed by atoms with Crippen LogP contribution in [0.1, 0.15) is 25.0 Å². The molecule has 1 aliphatic carbocycles. The van der Waals surface area contributed by atoms with E-state index in [0.717, 1.165) is 71.6 Å². The zero-order chi connectivity index (χ0) is 36.0. The van der Waals surface area contributed by atoms with Crippen molar-refractivity contribution in [1.82, 2.24) is 19.9 Å². The van der Waals surface area contributed by atoms with Crippen molar-refractivity contribution in [2.75, 3.05) is 0 Å². The lowest BCUT2D eigenvalue weighted by molar-refractivity contribution is 0.660. The Morgan fingerprint density at radius 3 is 2.00 bits per heavy atom. The SMILES string of the molecule is CC1(C)c2ccccc2-c2ccc(-c3nc(-c4ccc5c(c4)oc4ccccc45)nc(-c4cccc5ccc(-c6ccc7ccccc7n6)cc45)n3)cc21. The van der Waals surface area contributed by atoms with E-state index in [2.05, 4.69) is 135 Å². The summed E-state index contributed by atoms with van der Waals surface area (Å²) in [5.74, 6) is 1.82. The number of pyridine rings is 1. The first kappa shape index (κ1) is 30.6. The monoisotopic (exact) mass is 692 g/mol. The number of hydrogen-bond acceptors (Lipinski definition) is 5. The molecule has 0 bridgehead atoms. The molecule has 0 aliphatic heterocycles. The van der Waals surface area contributed by atoms with Crippen molar-refractivity contribution in [3.8, 4) is 56.5 Å². The molecule has 5 nitrogen and oxygen atoms in total. The van der Waals surface area contributed by atoms with E-state index >= 15 is 0 Å². The molecule has 0 saturated carbocycles. The summed E-state index contributed by atoms with van der Waals surface area (Å²) in [7, 11) is 0. The number of aromatic nitrogens is 4. The number of hydrogen-bond donors (Lipinski definition) is 0. The van der Waals surface area contributed by atoms with Crippen molar-refractivity contribution in [3.63, 3.8) is 0 Å². The highest BCUT2D eigenvalue weighted by Gasteiger charge is 2.35. The van der Waals surface area contributed by atoms with Crippen LogP contribution in [0.15, 0.2) is 162 Å². The predicted octanol–water partition coefficient (Wildman–Crippen LogP) is 12.4. The molecule has 0 saturated heterocycles. The Labute approximate surface area is 311 Å². The summed E-state index contributed by atoms with van der Waals surface area (Å²) in [5.41, 5.74) is 12.3. The van der Waals surface area contributed by atoms with Crippen LogP contribution < -0.4 is 0 Å². The van der Waals surface area contributed by atoms with Gasteiger partial charge in [-0.1, -0.05) is 129 Å². The first-order valence-electron chi connectivity index (χ1n) is 18.3. The molecule has 7 aromatic carbocycles. The van der Waals surface area contributed by atoms with Crippen LogP contribution in [0.4, 0.5) is 0 Å². The molecule has 0 radical (unpaired) electrons. The number of para-hydroxylation sites is 2. The summed E-state index contributed by atoms with van der Waals surface area (Å²) >= 11 is 0. The van der Waals surface area contributed by atoms with Gasteiger partial charge in [0.05, 0.1) is 11.2 Å². The average molecular weight is 693 g/mol. The molecule has 0 unspecified atom stereocenters. The molecule has 0 atom stereocenters. The third kappa shape index (κ3) is 4.72.